The molecule has 5 rings (SSSR count). The maximum absolute atomic E-state index is 13.7. The molecule has 6 N–H and O–H groups in total. The van der Waals surface area contributed by atoms with Crippen molar-refractivity contribution in [2.75, 3.05) is 38.6 Å². The number of ketones is 1. The summed E-state index contributed by atoms with van der Waals surface area (Å²) in [5.41, 5.74) is 6.73. The normalized spacial score (nSPS) is 19.3. The second-order valence-electron chi connectivity index (χ2n) is 10.5. The molecule has 2 saturated heterocycles. The molecule has 2 unspecified atom stereocenters. The summed E-state index contributed by atoms with van der Waals surface area (Å²) in [6.07, 6.45) is -0.493. The van der Waals surface area contributed by atoms with Crippen molar-refractivity contribution in [3.63, 3.8) is 0 Å². The van der Waals surface area contributed by atoms with Gasteiger partial charge in [-0.05, 0) is 30.2 Å². The Hall–Kier alpha value is -4.64. The van der Waals surface area contributed by atoms with E-state index in [0.29, 0.717) is 12.0 Å². The zero-order valence-electron chi connectivity index (χ0n) is 23.6. The number of nitrogens with one attached hydrogen (secondary N) is 2. The maximum atomic E-state index is 13.7. The van der Waals surface area contributed by atoms with Crippen molar-refractivity contribution in [3.8, 4) is 5.75 Å². The van der Waals surface area contributed by atoms with E-state index < -0.39 is 46.4 Å². The first-order chi connectivity index (χ1) is 20.9. The number of nitrogens with two attached hydrogens (primary N) is 1. The number of nitrogen functional groups attached to an aromatic ring is 1. The van der Waals surface area contributed by atoms with E-state index in [1.54, 1.807) is 24.3 Å². The number of aromatic carboxylic acids is 1. The Morgan fingerprint density at radius 2 is 1.82 bits per heavy atom. The van der Waals surface area contributed by atoms with Crippen LogP contribution in [0, 0.1) is 5.41 Å². The van der Waals surface area contributed by atoms with Gasteiger partial charge in [-0.15, -0.1) is 0 Å². The van der Waals surface area contributed by atoms with E-state index in [-0.39, 0.29) is 60.4 Å². The van der Waals surface area contributed by atoms with Crippen molar-refractivity contribution in [3.05, 3.63) is 76.5 Å². The zero-order chi connectivity index (χ0) is 31.8. The standard InChI is InChI=1S/C28H31N7O8S/c1-43-24-23(21-14-34(15-22(21)37)44(41,42)33-10-9-20(36)13-33)32-35(27(38)18-3-2-4-19(11-18)28(39)40)26(24)31-12-16-5-7-17(8-6-16)25(29)30/h2-8,11,20-21,31,36H,9-10,12-15H2,1H3,(H3,29,30)(H,39,40). The van der Waals surface area contributed by atoms with Gasteiger partial charge in [0.1, 0.15) is 11.5 Å². The Morgan fingerprint density at radius 1 is 1.11 bits per heavy atom. The molecule has 0 amide bonds. The monoisotopic (exact) mass is 625 g/mol. The fourth-order valence-corrected chi connectivity index (χ4v) is 6.85. The Morgan fingerprint density at radius 3 is 2.43 bits per heavy atom. The Kier molecular flexibility index (Phi) is 8.51. The number of carbonyl (C=O) groups excluding carboxylic acids is 2. The van der Waals surface area contributed by atoms with Crippen molar-refractivity contribution in [1.82, 2.24) is 18.4 Å². The number of ether oxygens (including phenoxy) is 1. The van der Waals surface area contributed by atoms with E-state index in [1.807, 2.05) is 0 Å². The highest BCUT2D eigenvalue weighted by atomic mass is 32.2. The van der Waals surface area contributed by atoms with Gasteiger partial charge in [0.15, 0.2) is 17.4 Å². The predicted molar refractivity (Wildman–Crippen MR) is 157 cm³/mol. The molecule has 44 heavy (non-hydrogen) atoms. The van der Waals surface area contributed by atoms with Gasteiger partial charge in [-0.2, -0.15) is 26.8 Å². The molecule has 2 aromatic carbocycles. The number of carbonyl (C=O) groups is 3. The van der Waals surface area contributed by atoms with Crippen LogP contribution in [0.4, 0.5) is 5.82 Å². The number of nitrogens with zero attached hydrogens (tertiary/aromatic N) is 4. The fraction of sp³-hybridized carbons (Fsp3) is 0.321. The van der Waals surface area contributed by atoms with Crippen LogP contribution in [0.5, 0.6) is 5.75 Å². The lowest BCUT2D eigenvalue weighted by Gasteiger charge is -2.22. The maximum Gasteiger partial charge on any atom is 0.335 e. The first-order valence-electron chi connectivity index (χ1n) is 13.6. The average Bonchev–Trinajstić information content (AvgIpc) is 3.72. The van der Waals surface area contributed by atoms with Gasteiger partial charge in [0.25, 0.3) is 16.1 Å². The summed E-state index contributed by atoms with van der Waals surface area (Å²) in [6, 6.07) is 12.2. The molecule has 16 heteroatoms. The quantitative estimate of drug-likeness (QED) is 0.154. The van der Waals surface area contributed by atoms with Gasteiger partial charge >= 0.3 is 5.97 Å². The molecule has 2 aliphatic rings. The van der Waals surface area contributed by atoms with Gasteiger partial charge in [0.05, 0.1) is 31.2 Å². The van der Waals surface area contributed by atoms with E-state index in [9.17, 15) is 33.0 Å². The minimum atomic E-state index is -4.05. The molecule has 1 aromatic heterocycles. The lowest BCUT2D eigenvalue weighted by molar-refractivity contribution is -0.117. The number of aliphatic hydroxyl groups excluding tert-OH is 1. The molecule has 0 bridgehead atoms. The van der Waals surface area contributed by atoms with Crippen molar-refractivity contribution >= 4 is 39.5 Å². The third kappa shape index (κ3) is 5.92. The Labute approximate surface area is 252 Å². The minimum Gasteiger partial charge on any atom is -0.491 e. The molecular weight excluding hydrogens is 594 g/mol. The number of anilines is 1. The fourth-order valence-electron chi connectivity index (χ4n) is 5.20. The zero-order valence-corrected chi connectivity index (χ0v) is 24.5. The van der Waals surface area contributed by atoms with Crippen molar-refractivity contribution in [2.24, 2.45) is 5.73 Å². The van der Waals surface area contributed by atoms with Gasteiger partial charge in [-0.1, -0.05) is 30.3 Å². The van der Waals surface area contributed by atoms with Crippen LogP contribution < -0.4 is 15.8 Å². The SMILES string of the molecule is COc1c(C2CN(S(=O)(=O)N3CCC(O)C3)CC2=O)nn(C(=O)c2cccc(C(=O)O)c2)c1NCc1ccc(C(=N)N)cc1. The van der Waals surface area contributed by atoms with Gasteiger partial charge in [-0.25, -0.2) is 4.79 Å². The highest BCUT2D eigenvalue weighted by Crippen LogP contribution is 2.38. The van der Waals surface area contributed by atoms with Gasteiger partial charge < -0.3 is 26.0 Å². The van der Waals surface area contributed by atoms with E-state index in [1.165, 1.54) is 31.4 Å². The molecule has 2 aliphatic heterocycles. The van der Waals surface area contributed by atoms with Gasteiger partial charge in [0.2, 0.25) is 0 Å². The lowest BCUT2D eigenvalue weighted by Crippen LogP contribution is -2.42. The molecule has 3 aromatic rings. The van der Waals surface area contributed by atoms with E-state index in [4.69, 9.17) is 15.9 Å². The summed E-state index contributed by atoms with van der Waals surface area (Å²) in [5.74, 6) is -3.45. The molecule has 0 radical (unpaired) electrons. The number of benzene rings is 2. The van der Waals surface area contributed by atoms with E-state index in [2.05, 4.69) is 10.4 Å². The minimum absolute atomic E-state index is 0.00464. The molecule has 3 heterocycles. The van der Waals surface area contributed by atoms with Crippen LogP contribution in [0.1, 0.15) is 49.9 Å². The number of carboxylic acids is 1. The third-order valence-corrected chi connectivity index (χ3v) is 9.48. The van der Waals surface area contributed by atoms with Crippen molar-refractivity contribution in [2.45, 2.75) is 25.0 Å². The van der Waals surface area contributed by atoms with Crippen molar-refractivity contribution in [1.29, 1.82) is 5.41 Å². The summed E-state index contributed by atoms with van der Waals surface area (Å²) in [4.78, 5) is 38.5. The Bertz CT molecular complexity index is 1740. The number of carboxylic acid groups (broad SMARTS) is 1. The molecule has 2 atom stereocenters. The van der Waals surface area contributed by atoms with Crippen molar-refractivity contribution < 1.29 is 37.8 Å². The van der Waals surface area contributed by atoms with Crippen LogP contribution in [0.2, 0.25) is 0 Å². The smallest absolute Gasteiger partial charge is 0.335 e. The van der Waals surface area contributed by atoms with Crippen LogP contribution in [0.15, 0.2) is 48.5 Å². The highest BCUT2D eigenvalue weighted by Gasteiger charge is 2.45. The van der Waals surface area contributed by atoms with Crippen LogP contribution in [-0.4, -0.2) is 99.9 Å². The summed E-state index contributed by atoms with van der Waals surface area (Å²) in [7, 11) is -2.72. The van der Waals surface area contributed by atoms with Crippen LogP contribution in [0.25, 0.3) is 0 Å². The number of hydrogen-bond acceptors (Lipinski definition) is 10. The molecule has 0 aliphatic carbocycles. The summed E-state index contributed by atoms with van der Waals surface area (Å²) < 4.78 is 35.2. The van der Waals surface area contributed by atoms with E-state index >= 15 is 0 Å². The van der Waals surface area contributed by atoms with E-state index in [0.717, 1.165) is 18.9 Å². The molecule has 15 nitrogen and oxygen atoms in total. The van der Waals surface area contributed by atoms with Gasteiger partial charge in [0, 0.05) is 37.3 Å². The molecule has 2 fully saturated rings. The first kappa shape index (κ1) is 30.8. The third-order valence-electron chi connectivity index (χ3n) is 7.56. The number of aromatic nitrogens is 2. The van der Waals surface area contributed by atoms with Crippen LogP contribution in [-0.2, 0) is 21.5 Å². The summed E-state index contributed by atoms with van der Waals surface area (Å²) >= 11 is 0. The number of aliphatic hydroxyl groups is 1. The molecule has 232 valence electrons. The largest absolute Gasteiger partial charge is 0.491 e. The summed E-state index contributed by atoms with van der Waals surface area (Å²) in [5, 5.41) is 34.4. The first-order valence-corrected chi connectivity index (χ1v) is 15.0. The average molecular weight is 626 g/mol. The number of rotatable bonds is 10. The predicted octanol–water partition coefficient (Wildman–Crippen LogP) is 0.454. The highest BCUT2D eigenvalue weighted by molar-refractivity contribution is 7.86. The van der Waals surface area contributed by atoms with Gasteiger partial charge in [-0.3, -0.25) is 15.0 Å². The lowest BCUT2D eigenvalue weighted by atomic mass is 10.0. The number of amidine groups is 1. The summed E-state index contributed by atoms with van der Waals surface area (Å²) in [6.45, 7) is -0.465. The Balaban J connectivity index is 1.52. The second kappa shape index (κ2) is 12.2. The molecule has 0 spiro atoms. The number of methoxy groups -OCH3 is 1. The molecule has 0 saturated carbocycles. The van der Waals surface area contributed by atoms with Crippen LogP contribution >= 0.6 is 0 Å². The number of β-amino-alcohol motifs (C(OH)–C–C–N with tert-alkyl or cyclic N) is 1. The second-order valence-corrected chi connectivity index (χ2v) is 12.4. The number of hydrogen-bond donors (Lipinski definition) is 5. The topological polar surface area (TPSA) is 221 Å². The number of Topliss-reactive ketones (excluding diaryl/α,β-unsaturated/α-hetero) is 1. The van der Waals surface area contributed by atoms with Crippen LogP contribution in [0.3, 0.4) is 0 Å². The molecular formula is C28H31N7O8S.